The molecule has 1 aliphatic heterocycles. The molecule has 0 radical (unpaired) electrons. The highest BCUT2D eigenvalue weighted by Gasteiger charge is 2.24. The molecule has 1 saturated heterocycles. The predicted octanol–water partition coefficient (Wildman–Crippen LogP) is 1.90. The molecule has 0 bridgehead atoms. The van der Waals surface area contributed by atoms with Crippen molar-refractivity contribution < 1.29 is 9.59 Å². The second-order valence-electron chi connectivity index (χ2n) is 4.97. The molecule has 2 N–H and O–H groups in total. The maximum Gasteiger partial charge on any atom is 0.254 e. The van der Waals surface area contributed by atoms with Crippen molar-refractivity contribution in [2.75, 3.05) is 6.54 Å². The maximum atomic E-state index is 12.4. The monoisotopic (exact) mass is 303 g/mol. The third-order valence-electron chi connectivity index (χ3n) is 3.58. The molecular formula is C15H14ClN3O2. The van der Waals surface area contributed by atoms with Gasteiger partial charge in [0, 0.05) is 18.1 Å². The Balaban J connectivity index is 1.91. The number of hydrogen-bond donors (Lipinski definition) is 2. The van der Waals surface area contributed by atoms with E-state index in [4.69, 9.17) is 11.6 Å². The Morgan fingerprint density at radius 1 is 1.33 bits per heavy atom. The molecule has 5 nitrogen and oxygen atoms in total. The first-order valence-electron chi connectivity index (χ1n) is 6.78. The van der Waals surface area contributed by atoms with E-state index in [1.165, 1.54) is 6.20 Å². The van der Waals surface area contributed by atoms with Gasteiger partial charge in [-0.05, 0) is 18.2 Å². The van der Waals surface area contributed by atoms with Crippen LogP contribution in [-0.2, 0) is 4.79 Å². The molecule has 0 spiro atoms. The van der Waals surface area contributed by atoms with Gasteiger partial charge in [0.1, 0.15) is 11.2 Å². The Hall–Kier alpha value is -2.14. The van der Waals surface area contributed by atoms with Crippen LogP contribution in [0.2, 0.25) is 5.15 Å². The summed E-state index contributed by atoms with van der Waals surface area (Å²) < 4.78 is 0. The maximum absolute atomic E-state index is 12.4. The van der Waals surface area contributed by atoms with Crippen LogP contribution < -0.4 is 10.6 Å². The van der Waals surface area contributed by atoms with Gasteiger partial charge in [0.2, 0.25) is 5.91 Å². The molecule has 1 unspecified atom stereocenters. The molecule has 1 fully saturated rings. The number of fused-ring (bicyclic) bond motifs is 1. The fourth-order valence-corrected chi connectivity index (χ4v) is 2.70. The van der Waals surface area contributed by atoms with Crippen LogP contribution in [-0.4, -0.2) is 29.4 Å². The van der Waals surface area contributed by atoms with Crippen molar-refractivity contribution in [1.29, 1.82) is 0 Å². The Kier molecular flexibility index (Phi) is 3.75. The zero-order valence-electron chi connectivity index (χ0n) is 11.2. The van der Waals surface area contributed by atoms with E-state index in [0.717, 1.165) is 17.2 Å². The molecule has 0 aliphatic carbocycles. The van der Waals surface area contributed by atoms with Crippen LogP contribution in [0.1, 0.15) is 23.2 Å². The molecule has 6 heteroatoms. The molecule has 0 saturated carbocycles. The summed E-state index contributed by atoms with van der Waals surface area (Å²) in [7, 11) is 0. The van der Waals surface area contributed by atoms with E-state index >= 15 is 0 Å². The first-order valence-corrected chi connectivity index (χ1v) is 7.16. The number of carbonyl (C=O) groups is 2. The number of benzene rings is 1. The lowest BCUT2D eigenvalue weighted by molar-refractivity contribution is -0.124. The van der Waals surface area contributed by atoms with Crippen LogP contribution in [0.5, 0.6) is 0 Å². The minimum atomic E-state index is -0.485. The van der Waals surface area contributed by atoms with Gasteiger partial charge in [-0.3, -0.25) is 9.59 Å². The highest BCUT2D eigenvalue weighted by Crippen LogP contribution is 2.24. The number of nitrogens with one attached hydrogen (secondary N) is 2. The van der Waals surface area contributed by atoms with Crippen LogP contribution in [0.3, 0.4) is 0 Å². The summed E-state index contributed by atoms with van der Waals surface area (Å²) >= 11 is 6.04. The van der Waals surface area contributed by atoms with Crippen molar-refractivity contribution in [2.24, 2.45) is 0 Å². The summed E-state index contributed by atoms with van der Waals surface area (Å²) in [6, 6.07) is 6.82. The number of carbonyl (C=O) groups excluding carboxylic acids is 2. The van der Waals surface area contributed by atoms with Crippen LogP contribution >= 0.6 is 11.6 Å². The van der Waals surface area contributed by atoms with E-state index < -0.39 is 6.04 Å². The van der Waals surface area contributed by atoms with Crippen molar-refractivity contribution in [2.45, 2.75) is 18.9 Å². The molecule has 1 aromatic carbocycles. The zero-order valence-corrected chi connectivity index (χ0v) is 12.0. The molecule has 2 amide bonds. The zero-order chi connectivity index (χ0) is 14.8. The largest absolute Gasteiger partial charge is 0.354 e. The van der Waals surface area contributed by atoms with Gasteiger partial charge in [0.15, 0.2) is 0 Å². The number of pyridine rings is 1. The fourth-order valence-electron chi connectivity index (χ4n) is 2.48. The van der Waals surface area contributed by atoms with Gasteiger partial charge < -0.3 is 10.6 Å². The molecule has 1 atom stereocenters. The molecule has 1 aliphatic rings. The summed E-state index contributed by atoms with van der Waals surface area (Å²) in [4.78, 5) is 28.2. The standard InChI is InChI=1S/C15H14ClN3O2/c16-13-10-5-2-1-4-9(10)11(8-18-13)14(20)19-12-6-3-7-17-15(12)21/h1-2,4-5,8,12H,3,6-7H2,(H,17,21)(H,19,20). The van der Waals surface area contributed by atoms with E-state index in [0.29, 0.717) is 23.7 Å². The van der Waals surface area contributed by atoms with E-state index in [1.54, 1.807) is 0 Å². The fraction of sp³-hybridized carbons (Fsp3) is 0.267. The third-order valence-corrected chi connectivity index (χ3v) is 3.88. The van der Waals surface area contributed by atoms with Gasteiger partial charge in [-0.15, -0.1) is 0 Å². The van der Waals surface area contributed by atoms with Gasteiger partial charge in [0.25, 0.3) is 5.91 Å². The van der Waals surface area contributed by atoms with Gasteiger partial charge in [-0.2, -0.15) is 0 Å². The number of amides is 2. The lowest BCUT2D eigenvalue weighted by atomic mass is 10.0. The first-order chi connectivity index (χ1) is 10.2. The molecule has 108 valence electrons. The van der Waals surface area contributed by atoms with E-state index in [9.17, 15) is 9.59 Å². The highest BCUT2D eigenvalue weighted by atomic mass is 35.5. The number of piperidine rings is 1. The van der Waals surface area contributed by atoms with Crippen molar-refractivity contribution in [3.05, 3.63) is 41.2 Å². The molecule has 21 heavy (non-hydrogen) atoms. The average molecular weight is 304 g/mol. The van der Waals surface area contributed by atoms with Crippen molar-refractivity contribution in [3.63, 3.8) is 0 Å². The minimum Gasteiger partial charge on any atom is -0.354 e. The van der Waals surface area contributed by atoms with Crippen molar-refractivity contribution >= 4 is 34.2 Å². The number of halogens is 1. The normalized spacial score (nSPS) is 18.3. The summed E-state index contributed by atoms with van der Waals surface area (Å²) in [5.41, 5.74) is 0.424. The van der Waals surface area contributed by atoms with Crippen molar-refractivity contribution in [1.82, 2.24) is 15.6 Å². The predicted molar refractivity (Wildman–Crippen MR) is 80.3 cm³/mol. The molecular weight excluding hydrogens is 290 g/mol. The van der Waals surface area contributed by atoms with Crippen LogP contribution in [0.15, 0.2) is 30.5 Å². The summed E-state index contributed by atoms with van der Waals surface area (Å²) in [5.74, 6) is -0.446. The smallest absolute Gasteiger partial charge is 0.254 e. The van der Waals surface area contributed by atoms with E-state index in [-0.39, 0.29) is 11.8 Å². The SMILES string of the molecule is O=C(NC1CCCNC1=O)c1cnc(Cl)c2ccccc12. The molecule has 1 aromatic heterocycles. The Labute approximate surface area is 126 Å². The van der Waals surface area contributed by atoms with E-state index in [2.05, 4.69) is 15.6 Å². The molecule has 2 heterocycles. The summed E-state index contributed by atoms with van der Waals surface area (Å²) in [5, 5.41) is 7.32. The average Bonchev–Trinajstić information content (AvgIpc) is 2.50. The van der Waals surface area contributed by atoms with Gasteiger partial charge in [-0.25, -0.2) is 4.98 Å². The van der Waals surface area contributed by atoms with Crippen LogP contribution in [0, 0.1) is 0 Å². The van der Waals surface area contributed by atoms with E-state index in [1.807, 2.05) is 24.3 Å². The first kappa shape index (κ1) is 13.8. The highest BCUT2D eigenvalue weighted by molar-refractivity contribution is 6.34. The van der Waals surface area contributed by atoms with Crippen LogP contribution in [0.4, 0.5) is 0 Å². The summed E-state index contributed by atoms with van der Waals surface area (Å²) in [6.45, 7) is 0.663. The number of aromatic nitrogens is 1. The summed E-state index contributed by atoms with van der Waals surface area (Å²) in [6.07, 6.45) is 2.95. The molecule has 2 aromatic rings. The second-order valence-corrected chi connectivity index (χ2v) is 5.33. The lowest BCUT2D eigenvalue weighted by Crippen LogP contribution is -2.50. The topological polar surface area (TPSA) is 71.1 Å². The van der Waals surface area contributed by atoms with Crippen molar-refractivity contribution in [3.8, 4) is 0 Å². The Morgan fingerprint density at radius 2 is 2.10 bits per heavy atom. The minimum absolute atomic E-state index is 0.138. The number of rotatable bonds is 2. The van der Waals surface area contributed by atoms with Crippen LogP contribution in [0.25, 0.3) is 10.8 Å². The number of hydrogen-bond acceptors (Lipinski definition) is 3. The Bertz CT molecular complexity index is 717. The molecule has 3 rings (SSSR count). The lowest BCUT2D eigenvalue weighted by Gasteiger charge is -2.23. The number of nitrogens with zero attached hydrogens (tertiary/aromatic N) is 1. The quantitative estimate of drug-likeness (QED) is 0.832. The van der Waals surface area contributed by atoms with Gasteiger partial charge >= 0.3 is 0 Å². The Morgan fingerprint density at radius 3 is 2.86 bits per heavy atom. The second kappa shape index (κ2) is 5.69. The van der Waals surface area contributed by atoms with Gasteiger partial charge in [0.05, 0.1) is 5.56 Å². The third kappa shape index (κ3) is 2.69. The van der Waals surface area contributed by atoms with Gasteiger partial charge in [-0.1, -0.05) is 35.9 Å².